The average molecular weight is 416 g/mol. The van der Waals surface area contributed by atoms with E-state index >= 15 is 0 Å². The number of anilines is 1. The molecular formula is C15H14F6N2O3S. The minimum absolute atomic E-state index is 0.0387. The van der Waals surface area contributed by atoms with Crippen LogP contribution in [0, 0.1) is 5.92 Å². The van der Waals surface area contributed by atoms with E-state index in [9.17, 15) is 39.6 Å². The minimum atomic E-state index is -5.02. The Morgan fingerprint density at radius 2 is 1.44 bits per heavy atom. The summed E-state index contributed by atoms with van der Waals surface area (Å²) >= 11 is 0. The number of benzene rings is 1. The summed E-state index contributed by atoms with van der Waals surface area (Å²) < 4.78 is 102. The van der Waals surface area contributed by atoms with Crippen molar-refractivity contribution in [3.63, 3.8) is 0 Å². The molecule has 0 radical (unpaired) electrons. The minimum Gasteiger partial charge on any atom is -0.326 e. The van der Waals surface area contributed by atoms with Gasteiger partial charge in [0.15, 0.2) is 0 Å². The van der Waals surface area contributed by atoms with Crippen LogP contribution >= 0.6 is 0 Å². The first-order valence-electron chi connectivity index (χ1n) is 7.88. The van der Waals surface area contributed by atoms with E-state index in [4.69, 9.17) is 0 Å². The van der Waals surface area contributed by atoms with E-state index in [0.29, 0.717) is 25.0 Å². The lowest BCUT2D eigenvalue weighted by Gasteiger charge is -2.37. The second kappa shape index (κ2) is 6.36. The van der Waals surface area contributed by atoms with Crippen molar-refractivity contribution in [3.8, 4) is 0 Å². The largest absolute Gasteiger partial charge is 0.416 e. The molecule has 2 fully saturated rings. The molecule has 3 rings (SSSR count). The van der Waals surface area contributed by atoms with Gasteiger partial charge in [0.05, 0.1) is 22.3 Å². The van der Waals surface area contributed by atoms with E-state index in [1.165, 1.54) is 0 Å². The predicted molar refractivity (Wildman–Crippen MR) is 82.1 cm³/mol. The second-order valence-corrected chi connectivity index (χ2v) is 8.76. The van der Waals surface area contributed by atoms with E-state index in [-0.39, 0.29) is 19.2 Å². The highest BCUT2D eigenvalue weighted by Gasteiger charge is 2.47. The van der Waals surface area contributed by atoms with Crippen LogP contribution < -0.4 is 5.32 Å². The SMILES string of the molecule is O=C(Nc1cc(C(F)(F)F)cc(C(F)(F)F)c1)C1CN(S(=O)(=O)C2CC2)C1. The number of nitrogens with one attached hydrogen (secondary N) is 1. The topological polar surface area (TPSA) is 66.5 Å². The Labute approximate surface area is 150 Å². The number of nitrogens with zero attached hydrogens (tertiary/aromatic N) is 1. The molecule has 1 N–H and O–H groups in total. The Morgan fingerprint density at radius 3 is 1.85 bits per heavy atom. The van der Waals surface area contributed by atoms with E-state index in [2.05, 4.69) is 0 Å². The van der Waals surface area contributed by atoms with Gasteiger partial charge in [0.25, 0.3) is 0 Å². The molecule has 0 bridgehead atoms. The fourth-order valence-corrected chi connectivity index (χ4v) is 4.59. The fraction of sp³-hybridized carbons (Fsp3) is 0.533. The van der Waals surface area contributed by atoms with Gasteiger partial charge in [0, 0.05) is 18.8 Å². The van der Waals surface area contributed by atoms with Gasteiger partial charge in [0.1, 0.15) is 0 Å². The average Bonchev–Trinajstić information content (AvgIpc) is 3.27. The third-order valence-electron chi connectivity index (χ3n) is 4.38. The molecule has 12 heteroatoms. The number of halogens is 6. The number of alkyl halides is 6. The molecule has 5 nitrogen and oxygen atoms in total. The number of hydrogen-bond donors (Lipinski definition) is 1. The van der Waals surface area contributed by atoms with Crippen molar-refractivity contribution in [3.05, 3.63) is 29.3 Å². The summed E-state index contributed by atoms with van der Waals surface area (Å²) in [4.78, 5) is 12.1. The Kier molecular flexibility index (Phi) is 4.70. The van der Waals surface area contributed by atoms with E-state index in [1.54, 1.807) is 0 Å². The third kappa shape index (κ3) is 4.21. The van der Waals surface area contributed by atoms with Crippen molar-refractivity contribution in [2.24, 2.45) is 5.92 Å². The standard InChI is InChI=1S/C15H14F6N2O3S/c16-14(17,18)9-3-10(15(19,20)21)5-11(4-9)22-13(24)8-6-23(7-8)27(25,26)12-1-2-12/h3-5,8,12H,1-2,6-7H2,(H,22,24). The van der Waals surface area contributed by atoms with Crippen LogP contribution in [0.4, 0.5) is 32.0 Å². The van der Waals surface area contributed by atoms with Crippen molar-refractivity contribution < 1.29 is 39.6 Å². The molecule has 0 atom stereocenters. The van der Waals surface area contributed by atoms with Gasteiger partial charge in [0.2, 0.25) is 15.9 Å². The lowest BCUT2D eigenvalue weighted by molar-refractivity contribution is -0.143. The van der Waals surface area contributed by atoms with Crippen molar-refractivity contribution in [1.29, 1.82) is 0 Å². The van der Waals surface area contributed by atoms with Gasteiger partial charge in [-0.2, -0.15) is 30.6 Å². The molecule has 1 aromatic carbocycles. The van der Waals surface area contributed by atoms with Gasteiger partial charge in [-0.1, -0.05) is 0 Å². The van der Waals surface area contributed by atoms with Crippen LogP contribution in [0.15, 0.2) is 18.2 Å². The van der Waals surface area contributed by atoms with Crippen molar-refractivity contribution in [2.45, 2.75) is 30.4 Å². The summed E-state index contributed by atoms with van der Waals surface area (Å²) in [5.74, 6) is -1.66. The Morgan fingerprint density at radius 1 is 0.963 bits per heavy atom. The molecular weight excluding hydrogens is 402 g/mol. The summed E-state index contributed by atoms with van der Waals surface area (Å²) in [6.45, 7) is -0.286. The molecule has 1 saturated heterocycles. The third-order valence-corrected chi connectivity index (χ3v) is 6.71. The van der Waals surface area contributed by atoms with Gasteiger partial charge < -0.3 is 5.32 Å². The lowest BCUT2D eigenvalue weighted by Crippen LogP contribution is -2.55. The van der Waals surface area contributed by atoms with Crippen molar-refractivity contribution >= 4 is 21.6 Å². The predicted octanol–water partition coefficient (Wildman–Crippen LogP) is 3.09. The molecule has 1 aromatic rings. The summed E-state index contributed by atoms with van der Waals surface area (Å²) in [7, 11) is -3.46. The number of rotatable bonds is 4. The molecule has 1 saturated carbocycles. The smallest absolute Gasteiger partial charge is 0.326 e. The number of carbonyl (C=O) groups excluding carboxylic acids is 1. The van der Waals surface area contributed by atoms with E-state index < -0.39 is 56.3 Å². The second-order valence-electron chi connectivity index (χ2n) is 6.54. The molecule has 1 aliphatic heterocycles. The fourth-order valence-electron chi connectivity index (χ4n) is 2.66. The molecule has 0 spiro atoms. The molecule has 0 aromatic heterocycles. The van der Waals surface area contributed by atoms with Crippen LogP contribution in [0.3, 0.4) is 0 Å². The Hall–Kier alpha value is -1.82. The van der Waals surface area contributed by atoms with Gasteiger partial charge in [-0.15, -0.1) is 0 Å². The van der Waals surface area contributed by atoms with Crippen molar-refractivity contribution in [2.75, 3.05) is 18.4 Å². The first-order valence-corrected chi connectivity index (χ1v) is 9.38. The highest BCUT2D eigenvalue weighted by molar-refractivity contribution is 7.90. The Bertz CT molecular complexity index is 823. The molecule has 1 aliphatic carbocycles. The van der Waals surface area contributed by atoms with Crippen LogP contribution in [0.25, 0.3) is 0 Å². The maximum absolute atomic E-state index is 12.8. The van der Waals surface area contributed by atoms with Crippen LogP contribution in [-0.4, -0.2) is 37.0 Å². The molecule has 1 amide bonds. The van der Waals surface area contributed by atoms with Crippen LogP contribution in [-0.2, 0) is 27.2 Å². The first-order chi connectivity index (χ1) is 12.3. The maximum atomic E-state index is 12.8. The van der Waals surface area contributed by atoms with Crippen LogP contribution in [0.1, 0.15) is 24.0 Å². The van der Waals surface area contributed by atoms with Crippen molar-refractivity contribution in [1.82, 2.24) is 4.31 Å². The van der Waals surface area contributed by atoms with E-state index in [0.717, 1.165) is 4.31 Å². The van der Waals surface area contributed by atoms with Gasteiger partial charge >= 0.3 is 12.4 Å². The molecule has 150 valence electrons. The maximum Gasteiger partial charge on any atom is 0.416 e. The van der Waals surface area contributed by atoms with E-state index in [1.807, 2.05) is 5.32 Å². The van der Waals surface area contributed by atoms with Gasteiger partial charge in [-0.3, -0.25) is 4.79 Å². The number of amides is 1. The summed E-state index contributed by atoms with van der Waals surface area (Å²) in [6.07, 6.45) is -8.96. The highest BCUT2D eigenvalue weighted by Crippen LogP contribution is 2.38. The molecule has 2 aliphatic rings. The number of hydrogen-bond acceptors (Lipinski definition) is 3. The number of sulfonamides is 1. The molecule has 0 unspecified atom stereocenters. The quantitative estimate of drug-likeness (QED) is 0.768. The van der Waals surface area contributed by atoms with Gasteiger partial charge in [-0.25, -0.2) is 8.42 Å². The zero-order valence-corrected chi connectivity index (χ0v) is 14.4. The highest BCUT2D eigenvalue weighted by atomic mass is 32.2. The Balaban J connectivity index is 1.72. The summed E-state index contributed by atoms with van der Waals surface area (Å²) in [6, 6.07) is 0.776. The summed E-state index contributed by atoms with van der Waals surface area (Å²) in [5, 5.41) is 1.57. The van der Waals surface area contributed by atoms with Crippen LogP contribution in [0.5, 0.6) is 0 Å². The molecule has 27 heavy (non-hydrogen) atoms. The van der Waals surface area contributed by atoms with Crippen LogP contribution in [0.2, 0.25) is 0 Å². The number of carbonyl (C=O) groups is 1. The molecule has 1 heterocycles. The summed E-state index contributed by atoms with van der Waals surface area (Å²) in [5.41, 5.74) is -3.73. The first kappa shape index (κ1) is 19.9. The zero-order chi connectivity index (χ0) is 20.2. The van der Waals surface area contributed by atoms with Gasteiger partial charge in [-0.05, 0) is 31.0 Å². The normalized spacial score (nSPS) is 19.6. The monoisotopic (exact) mass is 416 g/mol. The zero-order valence-electron chi connectivity index (χ0n) is 13.6. The lowest BCUT2D eigenvalue weighted by atomic mass is 10.0.